The molecule has 0 saturated heterocycles. The highest BCUT2D eigenvalue weighted by Crippen LogP contribution is 2.29. The Balaban J connectivity index is 1.84. The Morgan fingerprint density at radius 1 is 1.14 bits per heavy atom. The second-order valence-electron chi connectivity index (χ2n) is 7.30. The lowest BCUT2D eigenvalue weighted by Crippen LogP contribution is -2.53. The maximum absolute atomic E-state index is 5.78. The van der Waals surface area contributed by atoms with E-state index in [0.717, 1.165) is 5.84 Å². The zero-order chi connectivity index (χ0) is 15.6. The number of aliphatic imine (C=N–C) groups is 1. The standard InChI is InChI=1S/C18H27N3O/c1-18(2,3)22-21-17-16(13-9-5-4-6-10-13)19-14-11-7-8-12-15(14)20-17/h4-6,9-10,14-16,19H,7-8,11-12H2,1-3H3,(H,20,21)/t14-,15-,16?/m1/s1. The second kappa shape index (κ2) is 6.39. The molecule has 3 atom stereocenters. The molecular weight excluding hydrogens is 274 g/mol. The molecule has 1 aliphatic heterocycles. The van der Waals surface area contributed by atoms with Gasteiger partial charge in [-0.3, -0.25) is 20.6 Å². The van der Waals surface area contributed by atoms with Crippen molar-refractivity contribution in [1.82, 2.24) is 10.8 Å². The average Bonchev–Trinajstić information content (AvgIpc) is 2.52. The van der Waals surface area contributed by atoms with Crippen LogP contribution in [-0.2, 0) is 4.84 Å². The third kappa shape index (κ3) is 3.68. The summed E-state index contributed by atoms with van der Waals surface area (Å²) in [6, 6.07) is 11.4. The Morgan fingerprint density at radius 2 is 1.86 bits per heavy atom. The molecule has 1 aromatic rings. The van der Waals surface area contributed by atoms with Crippen LogP contribution in [0.3, 0.4) is 0 Å². The third-order valence-corrected chi connectivity index (χ3v) is 4.28. The number of hydrogen-bond donors (Lipinski definition) is 2. The van der Waals surface area contributed by atoms with Crippen molar-refractivity contribution < 1.29 is 4.84 Å². The van der Waals surface area contributed by atoms with Gasteiger partial charge in [0.15, 0.2) is 0 Å². The molecule has 1 saturated carbocycles. The lowest BCUT2D eigenvalue weighted by Gasteiger charge is -2.39. The van der Waals surface area contributed by atoms with Crippen LogP contribution in [0.15, 0.2) is 35.3 Å². The fraction of sp³-hybridized carbons (Fsp3) is 0.611. The second-order valence-corrected chi connectivity index (χ2v) is 7.30. The van der Waals surface area contributed by atoms with E-state index in [4.69, 9.17) is 9.83 Å². The number of hydroxylamine groups is 1. The molecule has 0 aromatic heterocycles. The number of rotatable bonds is 2. The van der Waals surface area contributed by atoms with Gasteiger partial charge in [0.05, 0.1) is 17.7 Å². The highest BCUT2D eigenvalue weighted by Gasteiger charge is 2.34. The van der Waals surface area contributed by atoms with Crippen molar-refractivity contribution in [3.63, 3.8) is 0 Å². The lowest BCUT2D eigenvalue weighted by molar-refractivity contribution is -0.0448. The number of hydrogen-bond acceptors (Lipinski definition) is 4. The molecule has 1 aromatic carbocycles. The predicted octanol–water partition coefficient (Wildman–Crippen LogP) is 3.36. The van der Waals surface area contributed by atoms with Gasteiger partial charge in [-0.05, 0) is 39.2 Å². The van der Waals surface area contributed by atoms with Gasteiger partial charge in [0.1, 0.15) is 5.84 Å². The third-order valence-electron chi connectivity index (χ3n) is 4.28. The highest BCUT2D eigenvalue weighted by molar-refractivity contribution is 5.88. The molecule has 4 nitrogen and oxygen atoms in total. The predicted molar refractivity (Wildman–Crippen MR) is 89.8 cm³/mol. The summed E-state index contributed by atoms with van der Waals surface area (Å²) in [5, 5.41) is 3.78. The number of fused-ring (bicyclic) bond motifs is 1. The molecule has 0 amide bonds. The van der Waals surface area contributed by atoms with Crippen molar-refractivity contribution >= 4 is 5.84 Å². The number of nitrogens with one attached hydrogen (secondary N) is 2. The molecule has 2 N–H and O–H groups in total. The SMILES string of the molecule is CC(C)(C)ONC1=N[C@@H]2CCCC[C@H]2NC1c1ccccc1. The van der Waals surface area contributed by atoms with Gasteiger partial charge in [-0.25, -0.2) is 0 Å². The fourth-order valence-electron chi connectivity index (χ4n) is 3.20. The van der Waals surface area contributed by atoms with Crippen molar-refractivity contribution in [1.29, 1.82) is 0 Å². The van der Waals surface area contributed by atoms with Gasteiger partial charge in [0.2, 0.25) is 0 Å². The zero-order valence-corrected chi connectivity index (χ0v) is 13.8. The van der Waals surface area contributed by atoms with Gasteiger partial charge in [-0.2, -0.15) is 0 Å². The Hall–Kier alpha value is -1.39. The van der Waals surface area contributed by atoms with Crippen molar-refractivity contribution in [3.05, 3.63) is 35.9 Å². The van der Waals surface area contributed by atoms with Crippen LogP contribution in [0.2, 0.25) is 0 Å². The quantitative estimate of drug-likeness (QED) is 0.823. The van der Waals surface area contributed by atoms with Gasteiger partial charge < -0.3 is 0 Å². The van der Waals surface area contributed by atoms with Crippen LogP contribution in [0, 0.1) is 0 Å². The first kappa shape index (κ1) is 15.5. The Morgan fingerprint density at radius 3 is 2.59 bits per heavy atom. The Labute approximate surface area is 133 Å². The summed E-state index contributed by atoms with van der Waals surface area (Å²) in [6.07, 6.45) is 4.95. The molecule has 0 bridgehead atoms. The fourth-order valence-corrected chi connectivity index (χ4v) is 3.20. The van der Waals surface area contributed by atoms with Crippen LogP contribution in [0.4, 0.5) is 0 Å². The zero-order valence-electron chi connectivity index (χ0n) is 13.8. The smallest absolute Gasteiger partial charge is 0.143 e. The number of benzene rings is 1. The molecule has 1 heterocycles. The largest absolute Gasteiger partial charge is 0.299 e. The number of amidine groups is 1. The van der Waals surface area contributed by atoms with Crippen LogP contribution >= 0.6 is 0 Å². The molecule has 120 valence electrons. The van der Waals surface area contributed by atoms with E-state index in [9.17, 15) is 0 Å². The van der Waals surface area contributed by atoms with E-state index in [-0.39, 0.29) is 11.6 Å². The van der Waals surface area contributed by atoms with Gasteiger partial charge >= 0.3 is 0 Å². The first-order valence-electron chi connectivity index (χ1n) is 8.36. The Bertz CT molecular complexity index is 521. The molecule has 1 unspecified atom stereocenters. The van der Waals surface area contributed by atoms with E-state index in [1.807, 2.05) is 26.8 Å². The van der Waals surface area contributed by atoms with Crippen LogP contribution in [-0.4, -0.2) is 23.5 Å². The van der Waals surface area contributed by atoms with Crippen LogP contribution in [0.5, 0.6) is 0 Å². The summed E-state index contributed by atoms with van der Waals surface area (Å²) in [5.74, 6) is 0.907. The summed E-state index contributed by atoms with van der Waals surface area (Å²) in [5.41, 5.74) is 4.12. The molecule has 3 rings (SSSR count). The summed E-state index contributed by atoms with van der Waals surface area (Å²) in [7, 11) is 0. The highest BCUT2D eigenvalue weighted by atomic mass is 16.7. The molecule has 0 spiro atoms. The minimum absolute atomic E-state index is 0.0860. The van der Waals surface area contributed by atoms with Crippen molar-refractivity contribution in [2.45, 2.75) is 70.2 Å². The van der Waals surface area contributed by atoms with Crippen molar-refractivity contribution in [3.8, 4) is 0 Å². The van der Waals surface area contributed by atoms with Gasteiger partial charge in [-0.1, -0.05) is 43.2 Å². The van der Waals surface area contributed by atoms with E-state index in [2.05, 4.69) is 35.1 Å². The minimum Gasteiger partial charge on any atom is -0.299 e. The van der Waals surface area contributed by atoms with Crippen LogP contribution in [0.25, 0.3) is 0 Å². The molecular formula is C18H27N3O. The van der Waals surface area contributed by atoms with E-state index < -0.39 is 0 Å². The van der Waals surface area contributed by atoms with Gasteiger partial charge in [0.25, 0.3) is 0 Å². The maximum atomic E-state index is 5.78. The first-order chi connectivity index (χ1) is 10.5. The molecule has 4 heteroatoms. The summed E-state index contributed by atoms with van der Waals surface area (Å²) in [4.78, 5) is 10.8. The normalized spacial score (nSPS) is 28.7. The minimum atomic E-state index is -0.243. The first-order valence-corrected chi connectivity index (χ1v) is 8.36. The molecule has 1 fully saturated rings. The van der Waals surface area contributed by atoms with E-state index in [1.165, 1.54) is 31.2 Å². The summed E-state index contributed by atoms with van der Waals surface area (Å²) in [6.45, 7) is 6.12. The van der Waals surface area contributed by atoms with Crippen molar-refractivity contribution in [2.75, 3.05) is 0 Å². The maximum Gasteiger partial charge on any atom is 0.143 e. The topological polar surface area (TPSA) is 45.6 Å². The summed E-state index contributed by atoms with van der Waals surface area (Å²) < 4.78 is 0. The summed E-state index contributed by atoms with van der Waals surface area (Å²) >= 11 is 0. The van der Waals surface area contributed by atoms with E-state index >= 15 is 0 Å². The molecule has 0 radical (unpaired) electrons. The Kier molecular flexibility index (Phi) is 4.50. The molecule has 22 heavy (non-hydrogen) atoms. The lowest BCUT2D eigenvalue weighted by atomic mass is 9.87. The monoisotopic (exact) mass is 301 g/mol. The van der Waals surface area contributed by atoms with E-state index in [1.54, 1.807) is 0 Å². The number of nitrogens with zero attached hydrogens (tertiary/aromatic N) is 1. The van der Waals surface area contributed by atoms with Crippen molar-refractivity contribution in [2.24, 2.45) is 4.99 Å². The average molecular weight is 301 g/mol. The van der Waals surface area contributed by atoms with Crippen LogP contribution < -0.4 is 10.8 Å². The van der Waals surface area contributed by atoms with E-state index in [0.29, 0.717) is 12.1 Å². The molecule has 1 aliphatic carbocycles. The van der Waals surface area contributed by atoms with Gasteiger partial charge in [0, 0.05) is 6.04 Å². The van der Waals surface area contributed by atoms with Crippen LogP contribution in [0.1, 0.15) is 58.1 Å². The molecule has 2 aliphatic rings. The van der Waals surface area contributed by atoms with Gasteiger partial charge in [-0.15, -0.1) is 0 Å².